The van der Waals surface area contributed by atoms with E-state index < -0.39 is 6.04 Å². The number of H-pyrrole nitrogens is 1. The average molecular weight is 386 g/mol. The average Bonchev–Trinajstić information content (AvgIpc) is 3.37. The van der Waals surface area contributed by atoms with E-state index in [1.54, 1.807) is 25.3 Å². The lowest BCUT2D eigenvalue weighted by atomic mass is 10.0. The lowest BCUT2D eigenvalue weighted by Crippen LogP contribution is -2.33. The maximum Gasteiger partial charge on any atom is 0.258 e. The number of nitrogens with one attached hydrogen (secondary N) is 2. The van der Waals surface area contributed by atoms with E-state index >= 15 is 0 Å². The van der Waals surface area contributed by atoms with E-state index in [2.05, 4.69) is 30.6 Å². The quantitative estimate of drug-likeness (QED) is 0.572. The predicted molar refractivity (Wildman–Crippen MR) is 98.5 cm³/mol. The molecule has 2 aromatic heterocycles. The van der Waals surface area contributed by atoms with Gasteiger partial charge in [-0.2, -0.15) is 10.1 Å². The minimum atomic E-state index is -0.446. The molecule has 2 N–H and O–H groups in total. The van der Waals surface area contributed by atoms with E-state index in [1.165, 1.54) is 6.33 Å². The summed E-state index contributed by atoms with van der Waals surface area (Å²) in [5.41, 5.74) is 0. The van der Waals surface area contributed by atoms with E-state index in [1.807, 2.05) is 19.9 Å². The maximum absolute atomic E-state index is 12.4. The van der Waals surface area contributed by atoms with E-state index in [-0.39, 0.29) is 18.3 Å². The number of nitrogens with zero attached hydrogens (tertiary/aromatic N) is 4. The Hall–Kier alpha value is -3.43. The topological polar surface area (TPSA) is 128 Å². The Morgan fingerprint density at radius 2 is 2.07 bits per heavy atom. The zero-order valence-corrected chi connectivity index (χ0v) is 15.9. The standard InChI is InChI=1S/C18H22N6O4/c1-11(2)8-12(18-22-17(24-28-18)16-19-10-20-23-16)21-15(25)9-27-14-7-5-4-6-13(14)26-3/h4-7,10-12H,8-9H2,1-3H3,(H,21,25)(H,19,20,23). The van der Waals surface area contributed by atoms with E-state index in [9.17, 15) is 4.79 Å². The van der Waals surface area contributed by atoms with Gasteiger partial charge in [0.2, 0.25) is 11.7 Å². The van der Waals surface area contributed by atoms with Crippen LogP contribution in [0.4, 0.5) is 0 Å². The lowest BCUT2D eigenvalue weighted by Gasteiger charge is -2.17. The molecule has 1 aromatic carbocycles. The molecule has 2 heterocycles. The molecule has 0 spiro atoms. The molecular weight excluding hydrogens is 364 g/mol. The van der Waals surface area contributed by atoms with Gasteiger partial charge in [-0.3, -0.25) is 9.89 Å². The summed E-state index contributed by atoms with van der Waals surface area (Å²) in [4.78, 5) is 20.7. The van der Waals surface area contributed by atoms with Gasteiger partial charge in [0.05, 0.1) is 7.11 Å². The first-order chi connectivity index (χ1) is 13.6. The van der Waals surface area contributed by atoms with Crippen LogP contribution in [0, 0.1) is 5.92 Å². The Bertz CT molecular complexity index is 893. The fraction of sp³-hybridized carbons (Fsp3) is 0.389. The molecule has 3 aromatic rings. The number of aromatic amines is 1. The molecule has 28 heavy (non-hydrogen) atoms. The number of hydrogen-bond acceptors (Lipinski definition) is 8. The molecule has 0 fully saturated rings. The molecule has 0 saturated heterocycles. The third-order valence-corrected chi connectivity index (χ3v) is 3.84. The van der Waals surface area contributed by atoms with Crippen LogP contribution in [0.15, 0.2) is 35.1 Å². The maximum atomic E-state index is 12.4. The zero-order valence-electron chi connectivity index (χ0n) is 15.9. The van der Waals surface area contributed by atoms with Crippen molar-refractivity contribution in [3.8, 4) is 23.1 Å². The van der Waals surface area contributed by atoms with Crippen LogP contribution < -0.4 is 14.8 Å². The van der Waals surface area contributed by atoms with Crippen molar-refractivity contribution in [1.82, 2.24) is 30.6 Å². The van der Waals surface area contributed by atoms with Crippen LogP contribution in [0.25, 0.3) is 11.6 Å². The first-order valence-corrected chi connectivity index (χ1v) is 8.81. The Kier molecular flexibility index (Phi) is 6.20. The van der Waals surface area contributed by atoms with Gasteiger partial charge in [0.15, 0.2) is 23.9 Å². The van der Waals surface area contributed by atoms with Crippen LogP contribution in [0.2, 0.25) is 0 Å². The first kappa shape index (κ1) is 19.3. The summed E-state index contributed by atoms with van der Waals surface area (Å²) in [6.45, 7) is 3.91. The number of rotatable bonds is 9. The molecule has 0 bridgehead atoms. The number of para-hydroxylation sites is 2. The monoisotopic (exact) mass is 386 g/mol. The molecule has 1 amide bonds. The van der Waals surface area contributed by atoms with E-state index in [0.29, 0.717) is 35.6 Å². The van der Waals surface area contributed by atoms with Crippen molar-refractivity contribution in [1.29, 1.82) is 0 Å². The molecule has 0 aliphatic rings. The highest BCUT2D eigenvalue weighted by atomic mass is 16.5. The predicted octanol–water partition coefficient (Wildman–Crippen LogP) is 2.15. The highest BCUT2D eigenvalue weighted by Crippen LogP contribution is 2.26. The Morgan fingerprint density at radius 3 is 2.75 bits per heavy atom. The third-order valence-electron chi connectivity index (χ3n) is 3.84. The number of methoxy groups -OCH3 is 1. The molecule has 0 aliphatic heterocycles. The van der Waals surface area contributed by atoms with Gasteiger partial charge < -0.3 is 19.3 Å². The fourth-order valence-electron chi connectivity index (χ4n) is 2.60. The zero-order chi connectivity index (χ0) is 19.9. The highest BCUT2D eigenvalue weighted by molar-refractivity contribution is 5.78. The van der Waals surface area contributed by atoms with Crippen LogP contribution in [-0.4, -0.2) is 44.9 Å². The number of amides is 1. The number of carbonyl (C=O) groups is 1. The molecule has 0 saturated carbocycles. The lowest BCUT2D eigenvalue weighted by molar-refractivity contribution is -0.124. The van der Waals surface area contributed by atoms with Crippen molar-refractivity contribution in [2.24, 2.45) is 5.92 Å². The molecule has 10 nitrogen and oxygen atoms in total. The normalized spacial score (nSPS) is 12.0. The Balaban J connectivity index is 1.66. The number of carbonyl (C=O) groups excluding carboxylic acids is 1. The number of benzene rings is 1. The summed E-state index contributed by atoms with van der Waals surface area (Å²) in [6, 6.07) is 6.68. The van der Waals surface area contributed by atoms with Gasteiger partial charge in [0.1, 0.15) is 12.4 Å². The fourth-order valence-corrected chi connectivity index (χ4v) is 2.60. The van der Waals surface area contributed by atoms with Crippen molar-refractivity contribution >= 4 is 5.91 Å². The first-order valence-electron chi connectivity index (χ1n) is 8.81. The van der Waals surface area contributed by atoms with Gasteiger partial charge in [-0.15, -0.1) is 0 Å². The minimum absolute atomic E-state index is 0.169. The summed E-state index contributed by atoms with van der Waals surface area (Å²) in [7, 11) is 1.54. The van der Waals surface area contributed by atoms with Gasteiger partial charge in [-0.05, 0) is 24.5 Å². The highest BCUT2D eigenvalue weighted by Gasteiger charge is 2.24. The van der Waals surface area contributed by atoms with Crippen molar-refractivity contribution in [3.63, 3.8) is 0 Å². The summed E-state index contributed by atoms with van der Waals surface area (Å²) >= 11 is 0. The van der Waals surface area contributed by atoms with Crippen LogP contribution in [0.1, 0.15) is 32.2 Å². The second-order valence-electron chi connectivity index (χ2n) is 6.48. The van der Waals surface area contributed by atoms with Gasteiger partial charge >= 0.3 is 0 Å². The summed E-state index contributed by atoms with van der Waals surface area (Å²) in [5, 5.41) is 13.2. The number of aromatic nitrogens is 5. The molecule has 1 unspecified atom stereocenters. The SMILES string of the molecule is COc1ccccc1OCC(=O)NC(CC(C)C)c1nc(-c2ncn[nH]2)no1. The van der Waals surface area contributed by atoms with E-state index in [0.717, 1.165) is 0 Å². The van der Waals surface area contributed by atoms with Gasteiger partial charge in [-0.1, -0.05) is 31.1 Å². The number of ether oxygens (including phenoxy) is 2. The second kappa shape index (κ2) is 8.98. The largest absolute Gasteiger partial charge is 0.493 e. The van der Waals surface area contributed by atoms with Gasteiger partial charge in [0, 0.05) is 0 Å². The van der Waals surface area contributed by atoms with Crippen LogP contribution in [0.5, 0.6) is 11.5 Å². The number of hydrogen-bond donors (Lipinski definition) is 2. The summed E-state index contributed by atoms with van der Waals surface area (Å²) < 4.78 is 16.1. The van der Waals surface area contributed by atoms with Crippen LogP contribution >= 0.6 is 0 Å². The molecule has 0 aliphatic carbocycles. The van der Waals surface area contributed by atoms with Gasteiger partial charge in [0.25, 0.3) is 5.91 Å². The van der Waals surface area contributed by atoms with Crippen molar-refractivity contribution in [2.45, 2.75) is 26.3 Å². The molecule has 148 valence electrons. The molecule has 3 rings (SSSR count). The van der Waals surface area contributed by atoms with Crippen LogP contribution in [0.3, 0.4) is 0 Å². The molecular formula is C18H22N6O4. The Morgan fingerprint density at radius 1 is 1.29 bits per heavy atom. The third kappa shape index (κ3) is 4.84. The molecule has 0 radical (unpaired) electrons. The molecule has 1 atom stereocenters. The smallest absolute Gasteiger partial charge is 0.258 e. The van der Waals surface area contributed by atoms with Crippen molar-refractivity contribution < 1.29 is 18.8 Å². The minimum Gasteiger partial charge on any atom is -0.493 e. The van der Waals surface area contributed by atoms with Gasteiger partial charge in [-0.25, -0.2) is 4.98 Å². The summed E-state index contributed by atoms with van der Waals surface area (Å²) in [6.07, 6.45) is 1.98. The van der Waals surface area contributed by atoms with Crippen molar-refractivity contribution in [3.05, 3.63) is 36.5 Å². The summed E-state index contributed by atoms with van der Waals surface area (Å²) in [5.74, 6) is 2.00. The Labute approximate surface area is 161 Å². The van der Waals surface area contributed by atoms with E-state index in [4.69, 9.17) is 14.0 Å². The van der Waals surface area contributed by atoms with Crippen molar-refractivity contribution in [2.75, 3.05) is 13.7 Å². The van der Waals surface area contributed by atoms with Crippen LogP contribution in [-0.2, 0) is 4.79 Å². The second-order valence-corrected chi connectivity index (χ2v) is 6.48. The molecule has 10 heteroatoms.